The van der Waals surface area contributed by atoms with E-state index in [1.54, 1.807) is 6.07 Å². The summed E-state index contributed by atoms with van der Waals surface area (Å²) in [5.41, 5.74) is 0.790. The molecule has 0 atom stereocenters. The van der Waals surface area contributed by atoms with Crippen LogP contribution in [0.2, 0.25) is 5.02 Å². The lowest BCUT2D eigenvalue weighted by Crippen LogP contribution is -1.96. The molecule has 0 radical (unpaired) electrons. The first-order valence-electron chi connectivity index (χ1n) is 6.16. The number of carbonyl (C=O) groups excluding carboxylic acids is 1. The zero-order chi connectivity index (χ0) is 16.3. The lowest BCUT2D eigenvalue weighted by Gasteiger charge is -2.06. The maximum Gasteiger partial charge on any atom is 0.187 e. The average molecular weight is 386 g/mol. The summed E-state index contributed by atoms with van der Waals surface area (Å²) < 4.78 is 18.6. The number of phenolic OH excluding ortho intramolecular Hbond substituents is 1. The van der Waals surface area contributed by atoms with Crippen molar-refractivity contribution in [3.8, 4) is 11.5 Å². The lowest BCUT2D eigenvalue weighted by molar-refractivity contribution is 0.104. The number of rotatable bonds is 4. The maximum atomic E-state index is 13.0. The van der Waals surface area contributed by atoms with Gasteiger partial charge in [-0.15, -0.1) is 0 Å². The van der Waals surface area contributed by atoms with Gasteiger partial charge in [-0.2, -0.15) is 0 Å². The molecule has 0 unspecified atom stereocenters. The van der Waals surface area contributed by atoms with Gasteiger partial charge in [-0.1, -0.05) is 27.5 Å². The van der Waals surface area contributed by atoms with E-state index < -0.39 is 5.82 Å². The van der Waals surface area contributed by atoms with Crippen molar-refractivity contribution >= 4 is 39.4 Å². The second-order valence-corrected chi connectivity index (χ2v) is 5.63. The summed E-state index contributed by atoms with van der Waals surface area (Å²) in [6.45, 7) is 0. The van der Waals surface area contributed by atoms with Crippen LogP contribution in [-0.4, -0.2) is 18.0 Å². The maximum absolute atomic E-state index is 13.0. The first-order chi connectivity index (χ1) is 10.4. The van der Waals surface area contributed by atoms with Crippen molar-refractivity contribution in [3.63, 3.8) is 0 Å². The minimum absolute atomic E-state index is 0.0439. The van der Waals surface area contributed by atoms with Crippen LogP contribution >= 0.6 is 27.5 Å². The predicted octanol–water partition coefficient (Wildman–Crippen LogP) is 4.85. The van der Waals surface area contributed by atoms with E-state index in [1.165, 1.54) is 37.5 Å². The Labute approximate surface area is 140 Å². The van der Waals surface area contributed by atoms with Crippen LogP contribution in [0.5, 0.6) is 11.5 Å². The van der Waals surface area contributed by atoms with Crippen molar-refractivity contribution in [3.05, 3.63) is 62.8 Å². The quantitative estimate of drug-likeness (QED) is 0.604. The number of hydrogen-bond acceptors (Lipinski definition) is 3. The minimum atomic E-state index is -0.506. The molecule has 0 bridgehead atoms. The van der Waals surface area contributed by atoms with E-state index in [0.717, 1.165) is 6.07 Å². The summed E-state index contributed by atoms with van der Waals surface area (Å²) >= 11 is 9.16. The predicted molar refractivity (Wildman–Crippen MR) is 87.1 cm³/mol. The molecule has 2 aromatic rings. The molecule has 0 aliphatic rings. The van der Waals surface area contributed by atoms with Gasteiger partial charge >= 0.3 is 0 Å². The molecule has 22 heavy (non-hydrogen) atoms. The molecule has 1 N–H and O–H groups in total. The highest BCUT2D eigenvalue weighted by atomic mass is 79.9. The third kappa shape index (κ3) is 3.67. The molecule has 0 saturated carbocycles. The van der Waals surface area contributed by atoms with Crippen molar-refractivity contribution in [2.24, 2.45) is 0 Å². The van der Waals surface area contributed by atoms with Crippen LogP contribution < -0.4 is 4.74 Å². The fourth-order valence-corrected chi connectivity index (χ4v) is 2.51. The highest BCUT2D eigenvalue weighted by Gasteiger charge is 2.10. The molecule has 2 aromatic carbocycles. The molecule has 2 rings (SSSR count). The molecule has 0 aromatic heterocycles. The van der Waals surface area contributed by atoms with Crippen molar-refractivity contribution < 1.29 is 19.0 Å². The SMILES string of the molecule is COc1cc(Br)c(/C=C/C(=O)c2ccc(F)cc2Cl)cc1O. The molecule has 0 amide bonds. The second-order valence-electron chi connectivity index (χ2n) is 4.37. The van der Waals surface area contributed by atoms with Gasteiger partial charge < -0.3 is 9.84 Å². The van der Waals surface area contributed by atoms with Crippen LogP contribution in [0.3, 0.4) is 0 Å². The molecule has 3 nitrogen and oxygen atoms in total. The molecule has 0 aliphatic heterocycles. The van der Waals surface area contributed by atoms with E-state index in [0.29, 0.717) is 15.8 Å². The molecular formula is C16H11BrClFO3. The van der Waals surface area contributed by atoms with Crippen LogP contribution in [0.4, 0.5) is 4.39 Å². The summed E-state index contributed by atoms with van der Waals surface area (Å²) in [4.78, 5) is 12.1. The molecule has 0 aliphatic carbocycles. The van der Waals surface area contributed by atoms with Gasteiger partial charge in [-0.3, -0.25) is 4.79 Å². The van der Waals surface area contributed by atoms with Crippen molar-refractivity contribution in [2.45, 2.75) is 0 Å². The van der Waals surface area contributed by atoms with E-state index in [4.69, 9.17) is 16.3 Å². The van der Waals surface area contributed by atoms with Gasteiger partial charge in [0.2, 0.25) is 0 Å². The molecule has 0 saturated heterocycles. The van der Waals surface area contributed by atoms with Crippen molar-refractivity contribution in [2.75, 3.05) is 7.11 Å². The number of ketones is 1. The Balaban J connectivity index is 2.28. The standard InChI is InChI=1S/C16H11BrClFO3/c1-22-16-8-12(17)9(6-15(16)21)2-5-14(20)11-4-3-10(19)7-13(11)18/h2-8,21H,1H3/b5-2+. The third-order valence-electron chi connectivity index (χ3n) is 2.91. The smallest absolute Gasteiger partial charge is 0.187 e. The highest BCUT2D eigenvalue weighted by Crippen LogP contribution is 2.33. The number of methoxy groups -OCH3 is 1. The van der Waals surface area contributed by atoms with Crippen LogP contribution in [0.25, 0.3) is 6.08 Å². The van der Waals surface area contributed by atoms with Gasteiger partial charge in [0.25, 0.3) is 0 Å². The van der Waals surface area contributed by atoms with Crippen LogP contribution in [0, 0.1) is 5.82 Å². The number of hydrogen-bond donors (Lipinski definition) is 1. The summed E-state index contributed by atoms with van der Waals surface area (Å²) in [5, 5.41) is 9.79. The topological polar surface area (TPSA) is 46.5 Å². The molecular weight excluding hydrogens is 375 g/mol. The van der Waals surface area contributed by atoms with E-state index in [9.17, 15) is 14.3 Å². The molecule has 0 spiro atoms. The minimum Gasteiger partial charge on any atom is -0.504 e. The van der Waals surface area contributed by atoms with Gasteiger partial charge in [-0.25, -0.2) is 4.39 Å². The fourth-order valence-electron chi connectivity index (χ4n) is 1.80. The Morgan fingerprint density at radius 2 is 2.09 bits per heavy atom. The fraction of sp³-hybridized carbons (Fsp3) is 0.0625. The van der Waals surface area contributed by atoms with Crippen molar-refractivity contribution in [1.29, 1.82) is 0 Å². The highest BCUT2D eigenvalue weighted by molar-refractivity contribution is 9.10. The normalized spacial score (nSPS) is 10.9. The Hall–Kier alpha value is -1.85. The Kier molecular flexibility index (Phi) is 5.21. The largest absolute Gasteiger partial charge is 0.504 e. The number of phenols is 1. The van der Waals surface area contributed by atoms with E-state index in [-0.39, 0.29) is 22.1 Å². The van der Waals surface area contributed by atoms with Gasteiger partial charge in [0.05, 0.1) is 12.1 Å². The number of allylic oxidation sites excluding steroid dienone is 1. The first kappa shape index (κ1) is 16.5. The Morgan fingerprint density at radius 1 is 1.36 bits per heavy atom. The zero-order valence-electron chi connectivity index (χ0n) is 11.4. The summed E-state index contributed by atoms with van der Waals surface area (Å²) in [7, 11) is 1.44. The van der Waals surface area contributed by atoms with Crippen LogP contribution in [0.1, 0.15) is 15.9 Å². The lowest BCUT2D eigenvalue weighted by atomic mass is 10.1. The number of benzene rings is 2. The number of aromatic hydroxyl groups is 1. The molecule has 6 heteroatoms. The Morgan fingerprint density at radius 3 is 2.73 bits per heavy atom. The Bertz CT molecular complexity index is 759. The van der Waals surface area contributed by atoms with E-state index in [1.807, 2.05) is 0 Å². The number of ether oxygens (including phenoxy) is 1. The number of halogens is 3. The summed E-state index contributed by atoms with van der Waals surface area (Å²) in [6.07, 6.45) is 2.82. The summed E-state index contributed by atoms with van der Waals surface area (Å²) in [6, 6.07) is 6.62. The average Bonchev–Trinajstić information content (AvgIpc) is 2.47. The summed E-state index contributed by atoms with van der Waals surface area (Å²) in [5.74, 6) is -0.602. The van der Waals surface area contributed by atoms with Gasteiger partial charge in [0.15, 0.2) is 17.3 Å². The second kappa shape index (κ2) is 6.94. The van der Waals surface area contributed by atoms with Crippen LogP contribution in [0.15, 0.2) is 40.9 Å². The van der Waals surface area contributed by atoms with Crippen LogP contribution in [-0.2, 0) is 0 Å². The zero-order valence-corrected chi connectivity index (χ0v) is 13.8. The molecule has 0 fully saturated rings. The van der Waals surface area contributed by atoms with E-state index >= 15 is 0 Å². The molecule has 114 valence electrons. The molecule has 0 heterocycles. The third-order valence-corrected chi connectivity index (χ3v) is 3.91. The first-order valence-corrected chi connectivity index (χ1v) is 7.33. The van der Waals surface area contributed by atoms with Gasteiger partial charge in [0, 0.05) is 10.0 Å². The number of carbonyl (C=O) groups is 1. The van der Waals surface area contributed by atoms with E-state index in [2.05, 4.69) is 15.9 Å². The van der Waals surface area contributed by atoms with Gasteiger partial charge in [0.1, 0.15) is 5.82 Å². The van der Waals surface area contributed by atoms with Crippen molar-refractivity contribution in [1.82, 2.24) is 0 Å². The monoisotopic (exact) mass is 384 g/mol. The van der Waals surface area contributed by atoms with Gasteiger partial charge in [-0.05, 0) is 48.0 Å².